The summed E-state index contributed by atoms with van der Waals surface area (Å²) in [4.78, 5) is 21.5. The van der Waals surface area contributed by atoms with Crippen molar-refractivity contribution in [3.05, 3.63) is 17.5 Å². The van der Waals surface area contributed by atoms with E-state index in [1.54, 1.807) is 6.07 Å². The Morgan fingerprint density at radius 3 is 2.17 bits per heavy atom. The number of nitrogens with zero attached hydrogens (tertiary/aromatic N) is 2. The first-order chi connectivity index (χ1) is 11.7. The molecular weight excluding hydrogens is 300 g/mol. The number of nitrogens with one attached hydrogen (secondary N) is 2. The number of hydrogen-bond donors (Lipinski definition) is 2. The van der Waals surface area contributed by atoms with E-state index >= 15 is 0 Å². The monoisotopic (exact) mass is 330 g/mol. The van der Waals surface area contributed by atoms with Crippen molar-refractivity contribution in [3.8, 4) is 0 Å². The second-order valence-electron chi connectivity index (χ2n) is 7.36. The molecule has 2 fully saturated rings. The number of aryl methyl sites for hydroxylation is 1. The summed E-state index contributed by atoms with van der Waals surface area (Å²) in [6, 6.07) is 2.53. The van der Waals surface area contributed by atoms with Gasteiger partial charge in [0.1, 0.15) is 5.69 Å². The molecule has 24 heavy (non-hydrogen) atoms. The lowest BCUT2D eigenvalue weighted by molar-refractivity contribution is 0.0922. The second kappa shape index (κ2) is 8.45. The molecule has 0 saturated heterocycles. The Balaban J connectivity index is 1.64. The normalized spacial score (nSPS) is 20.4. The van der Waals surface area contributed by atoms with Crippen molar-refractivity contribution < 1.29 is 4.79 Å². The number of aromatic nitrogens is 2. The van der Waals surface area contributed by atoms with Crippen LogP contribution in [0.4, 0.5) is 5.95 Å². The van der Waals surface area contributed by atoms with Crippen molar-refractivity contribution in [2.24, 2.45) is 0 Å². The van der Waals surface area contributed by atoms with Gasteiger partial charge in [-0.25, -0.2) is 9.97 Å². The van der Waals surface area contributed by atoms with Gasteiger partial charge in [-0.2, -0.15) is 0 Å². The van der Waals surface area contributed by atoms with Crippen LogP contribution in [0, 0.1) is 6.92 Å². The highest BCUT2D eigenvalue weighted by Crippen LogP contribution is 2.21. The molecule has 5 heteroatoms. The molecule has 0 radical (unpaired) electrons. The highest BCUT2D eigenvalue weighted by molar-refractivity contribution is 5.92. The zero-order chi connectivity index (χ0) is 16.8. The van der Waals surface area contributed by atoms with E-state index in [9.17, 15) is 4.79 Å². The molecule has 5 nitrogen and oxygen atoms in total. The zero-order valence-electron chi connectivity index (χ0n) is 14.8. The molecule has 3 rings (SSSR count). The third-order valence-electron chi connectivity index (χ3n) is 5.22. The second-order valence-corrected chi connectivity index (χ2v) is 7.36. The third kappa shape index (κ3) is 4.92. The van der Waals surface area contributed by atoms with E-state index in [2.05, 4.69) is 20.6 Å². The number of carbonyl (C=O) groups is 1. The standard InChI is InChI=1S/C19H30N4O/c1-14-13-17(18(24)21-15-9-7-4-8-10-15)23-19(20-14)22-16-11-5-2-3-6-12-16/h13,15-16H,2-12H2,1H3,(H,21,24)(H,20,22,23). The van der Waals surface area contributed by atoms with Gasteiger partial charge in [0.25, 0.3) is 5.91 Å². The highest BCUT2D eigenvalue weighted by Gasteiger charge is 2.19. The maximum absolute atomic E-state index is 12.5. The first-order valence-corrected chi connectivity index (χ1v) is 9.64. The maximum atomic E-state index is 12.5. The van der Waals surface area contributed by atoms with Crippen molar-refractivity contribution in [1.82, 2.24) is 15.3 Å². The quantitative estimate of drug-likeness (QED) is 0.819. The molecule has 0 spiro atoms. The predicted molar refractivity (Wildman–Crippen MR) is 96.2 cm³/mol. The van der Waals surface area contributed by atoms with Gasteiger partial charge in [-0.1, -0.05) is 44.9 Å². The minimum Gasteiger partial charge on any atom is -0.351 e. The van der Waals surface area contributed by atoms with E-state index in [1.807, 2.05) is 6.92 Å². The van der Waals surface area contributed by atoms with Crippen molar-refractivity contribution in [2.75, 3.05) is 5.32 Å². The molecule has 1 heterocycles. The van der Waals surface area contributed by atoms with Crippen molar-refractivity contribution in [1.29, 1.82) is 0 Å². The summed E-state index contributed by atoms with van der Waals surface area (Å²) in [5.74, 6) is 0.548. The first kappa shape index (κ1) is 17.2. The van der Waals surface area contributed by atoms with E-state index in [0.29, 0.717) is 23.7 Å². The van der Waals surface area contributed by atoms with Crippen LogP contribution >= 0.6 is 0 Å². The average Bonchev–Trinajstić information content (AvgIpc) is 2.84. The molecule has 0 unspecified atom stereocenters. The molecule has 132 valence electrons. The SMILES string of the molecule is Cc1cc(C(=O)NC2CCCCC2)nc(NC2CCCCCC2)n1. The molecule has 1 aromatic rings. The molecule has 2 aliphatic carbocycles. The van der Waals surface area contributed by atoms with E-state index in [4.69, 9.17) is 0 Å². The van der Waals surface area contributed by atoms with E-state index < -0.39 is 0 Å². The Hall–Kier alpha value is -1.65. The van der Waals surface area contributed by atoms with Gasteiger partial charge in [0, 0.05) is 17.8 Å². The summed E-state index contributed by atoms with van der Waals surface area (Å²) in [5.41, 5.74) is 1.33. The third-order valence-corrected chi connectivity index (χ3v) is 5.22. The summed E-state index contributed by atoms with van der Waals surface area (Å²) < 4.78 is 0. The van der Waals surface area contributed by atoms with Crippen molar-refractivity contribution in [3.63, 3.8) is 0 Å². The van der Waals surface area contributed by atoms with Crippen LogP contribution in [0.15, 0.2) is 6.07 Å². The molecule has 1 amide bonds. The van der Waals surface area contributed by atoms with Crippen LogP contribution in [0.1, 0.15) is 86.8 Å². The highest BCUT2D eigenvalue weighted by atomic mass is 16.1. The molecule has 0 atom stereocenters. The van der Waals surface area contributed by atoms with Gasteiger partial charge in [-0.05, 0) is 38.7 Å². The van der Waals surface area contributed by atoms with E-state index in [0.717, 1.165) is 18.5 Å². The lowest BCUT2D eigenvalue weighted by Crippen LogP contribution is -2.36. The van der Waals surface area contributed by atoms with Gasteiger partial charge in [-0.15, -0.1) is 0 Å². The molecule has 0 aliphatic heterocycles. The van der Waals surface area contributed by atoms with Gasteiger partial charge in [0.2, 0.25) is 5.95 Å². The molecule has 0 aromatic carbocycles. The Bertz CT molecular complexity index is 546. The van der Waals surface area contributed by atoms with Gasteiger partial charge >= 0.3 is 0 Å². The van der Waals surface area contributed by atoms with Crippen LogP contribution in [0.3, 0.4) is 0 Å². The number of carbonyl (C=O) groups excluding carboxylic acids is 1. The zero-order valence-corrected chi connectivity index (χ0v) is 14.8. The summed E-state index contributed by atoms with van der Waals surface area (Å²) in [6.07, 6.45) is 13.4. The van der Waals surface area contributed by atoms with Gasteiger partial charge < -0.3 is 10.6 Å². The maximum Gasteiger partial charge on any atom is 0.270 e. The topological polar surface area (TPSA) is 66.9 Å². The van der Waals surface area contributed by atoms with Crippen LogP contribution in [0.5, 0.6) is 0 Å². The van der Waals surface area contributed by atoms with Gasteiger partial charge in [-0.3, -0.25) is 4.79 Å². The van der Waals surface area contributed by atoms with E-state index in [-0.39, 0.29) is 5.91 Å². The summed E-state index contributed by atoms with van der Waals surface area (Å²) in [5, 5.41) is 6.60. The Morgan fingerprint density at radius 2 is 1.50 bits per heavy atom. The molecule has 1 aromatic heterocycles. The lowest BCUT2D eigenvalue weighted by atomic mass is 9.95. The minimum absolute atomic E-state index is 0.0590. The fraction of sp³-hybridized carbons (Fsp3) is 0.737. The van der Waals surface area contributed by atoms with Gasteiger partial charge in [0.05, 0.1) is 0 Å². The fourth-order valence-electron chi connectivity index (χ4n) is 3.86. The van der Waals surface area contributed by atoms with Crippen LogP contribution < -0.4 is 10.6 Å². The summed E-state index contributed by atoms with van der Waals surface area (Å²) >= 11 is 0. The summed E-state index contributed by atoms with van der Waals surface area (Å²) in [6.45, 7) is 1.93. The van der Waals surface area contributed by atoms with Gasteiger partial charge in [0.15, 0.2) is 0 Å². The number of rotatable bonds is 4. The van der Waals surface area contributed by atoms with Crippen molar-refractivity contribution in [2.45, 2.75) is 89.6 Å². The molecule has 2 aliphatic rings. The van der Waals surface area contributed by atoms with Crippen LogP contribution in [0.25, 0.3) is 0 Å². The smallest absolute Gasteiger partial charge is 0.270 e. The number of amides is 1. The van der Waals surface area contributed by atoms with Crippen LogP contribution in [-0.4, -0.2) is 28.0 Å². The van der Waals surface area contributed by atoms with Crippen LogP contribution in [0.2, 0.25) is 0 Å². The number of hydrogen-bond acceptors (Lipinski definition) is 4. The van der Waals surface area contributed by atoms with E-state index in [1.165, 1.54) is 57.8 Å². The first-order valence-electron chi connectivity index (χ1n) is 9.64. The largest absolute Gasteiger partial charge is 0.351 e. The Morgan fingerprint density at radius 1 is 0.917 bits per heavy atom. The average molecular weight is 330 g/mol. The Labute approximate surface area is 145 Å². The molecule has 0 bridgehead atoms. The van der Waals surface area contributed by atoms with Crippen molar-refractivity contribution >= 4 is 11.9 Å². The minimum atomic E-state index is -0.0590. The molecule has 2 N–H and O–H groups in total. The van der Waals surface area contributed by atoms with Crippen LogP contribution in [-0.2, 0) is 0 Å². The predicted octanol–water partition coefficient (Wildman–Crippen LogP) is 3.98. The Kier molecular flexibility index (Phi) is 6.05. The molecule has 2 saturated carbocycles. The molecular formula is C19H30N4O. The lowest BCUT2D eigenvalue weighted by Gasteiger charge is -2.22. The fourth-order valence-corrected chi connectivity index (χ4v) is 3.86. The summed E-state index contributed by atoms with van der Waals surface area (Å²) in [7, 11) is 0. The number of anilines is 1.